The van der Waals surface area contributed by atoms with Gasteiger partial charge < -0.3 is 5.32 Å². The maximum absolute atomic E-state index is 6.05. The third kappa shape index (κ3) is 2.13. The van der Waals surface area contributed by atoms with Crippen LogP contribution in [0.3, 0.4) is 0 Å². The molecule has 1 aromatic rings. The zero-order chi connectivity index (χ0) is 10.1. The van der Waals surface area contributed by atoms with Gasteiger partial charge in [-0.05, 0) is 65.5 Å². The van der Waals surface area contributed by atoms with Gasteiger partial charge in [0.1, 0.15) is 0 Å². The normalized spacial score (nSPS) is 25.1. The highest BCUT2D eigenvalue weighted by Gasteiger charge is 2.37. The minimum absolute atomic E-state index is 0.716. The zero-order valence-electron chi connectivity index (χ0n) is 8.06. The fraction of sp³-hybridized carbons (Fsp3) is 0.455. The van der Waals surface area contributed by atoms with Gasteiger partial charge in [-0.1, -0.05) is 17.7 Å². The van der Waals surface area contributed by atoms with Gasteiger partial charge in [0, 0.05) is 4.47 Å². The van der Waals surface area contributed by atoms with Gasteiger partial charge in [-0.25, -0.2) is 0 Å². The Balaban J connectivity index is 2.08. The number of hydrogen-bond acceptors (Lipinski definition) is 1. The third-order valence-electron chi connectivity index (χ3n) is 2.76. The van der Waals surface area contributed by atoms with Crippen LogP contribution in [0.2, 0.25) is 5.02 Å². The number of hydrogen-bond donors (Lipinski definition) is 1. The Labute approximate surface area is 98.0 Å². The van der Waals surface area contributed by atoms with E-state index in [9.17, 15) is 0 Å². The van der Waals surface area contributed by atoms with E-state index in [-0.39, 0.29) is 0 Å². The molecule has 0 amide bonds. The van der Waals surface area contributed by atoms with Crippen LogP contribution in [-0.2, 0) is 0 Å². The van der Waals surface area contributed by atoms with Crippen molar-refractivity contribution >= 4 is 27.5 Å². The molecule has 0 saturated heterocycles. The topological polar surface area (TPSA) is 12.0 Å². The molecule has 1 aromatic carbocycles. The fourth-order valence-electron chi connectivity index (χ4n) is 1.89. The summed E-state index contributed by atoms with van der Waals surface area (Å²) in [4.78, 5) is 0. The second-order valence-corrected chi connectivity index (χ2v) is 5.10. The maximum atomic E-state index is 6.05. The van der Waals surface area contributed by atoms with E-state index in [1.807, 2.05) is 13.1 Å². The van der Waals surface area contributed by atoms with Crippen molar-refractivity contribution in [2.75, 3.05) is 13.6 Å². The van der Waals surface area contributed by atoms with Crippen LogP contribution in [0.1, 0.15) is 17.9 Å². The standard InChI is InChI=1S/C11H13BrClN/c1-14-6-8-4-9(8)7-2-3-10(12)11(13)5-7/h2-3,5,8-9,14H,4,6H2,1H3. The Bertz CT molecular complexity index is 340. The quantitative estimate of drug-likeness (QED) is 0.890. The summed E-state index contributed by atoms with van der Waals surface area (Å²) >= 11 is 9.45. The molecule has 0 heterocycles. The van der Waals surface area contributed by atoms with Crippen molar-refractivity contribution in [3.8, 4) is 0 Å². The summed E-state index contributed by atoms with van der Waals surface area (Å²) < 4.78 is 0.980. The zero-order valence-corrected chi connectivity index (χ0v) is 10.4. The molecule has 0 aliphatic heterocycles. The van der Waals surface area contributed by atoms with Gasteiger partial charge >= 0.3 is 0 Å². The lowest BCUT2D eigenvalue weighted by atomic mass is 10.1. The van der Waals surface area contributed by atoms with Crippen LogP contribution in [0.25, 0.3) is 0 Å². The van der Waals surface area contributed by atoms with Crippen molar-refractivity contribution in [1.82, 2.24) is 5.32 Å². The smallest absolute Gasteiger partial charge is 0.0550 e. The predicted molar refractivity (Wildman–Crippen MR) is 63.9 cm³/mol. The van der Waals surface area contributed by atoms with Crippen molar-refractivity contribution < 1.29 is 0 Å². The summed E-state index contributed by atoms with van der Waals surface area (Å²) in [6, 6.07) is 6.27. The summed E-state index contributed by atoms with van der Waals surface area (Å²) in [5.74, 6) is 1.52. The summed E-state index contributed by atoms with van der Waals surface area (Å²) in [7, 11) is 2.00. The van der Waals surface area contributed by atoms with Gasteiger partial charge in [0.25, 0.3) is 0 Å². The van der Waals surface area contributed by atoms with Crippen LogP contribution in [0.15, 0.2) is 22.7 Å². The molecule has 1 aliphatic carbocycles. The molecule has 1 nitrogen and oxygen atoms in total. The van der Waals surface area contributed by atoms with E-state index in [1.165, 1.54) is 12.0 Å². The Kier molecular flexibility index (Phi) is 3.15. The first-order valence-electron chi connectivity index (χ1n) is 4.82. The van der Waals surface area contributed by atoms with Gasteiger partial charge in [0.2, 0.25) is 0 Å². The minimum Gasteiger partial charge on any atom is -0.319 e. The first-order chi connectivity index (χ1) is 6.72. The lowest BCUT2D eigenvalue weighted by Crippen LogP contribution is -2.10. The lowest BCUT2D eigenvalue weighted by molar-refractivity contribution is 0.698. The second kappa shape index (κ2) is 4.21. The summed E-state index contributed by atoms with van der Waals surface area (Å²) in [5, 5.41) is 4.03. The molecule has 0 aromatic heterocycles. The molecule has 3 heteroatoms. The summed E-state index contributed by atoms with van der Waals surface area (Å²) in [5.41, 5.74) is 1.37. The van der Waals surface area contributed by atoms with E-state index in [0.29, 0.717) is 5.92 Å². The van der Waals surface area contributed by atoms with Crippen molar-refractivity contribution in [3.05, 3.63) is 33.3 Å². The average Bonchev–Trinajstić information content (AvgIpc) is 2.90. The average molecular weight is 275 g/mol. The van der Waals surface area contributed by atoms with Crippen LogP contribution < -0.4 is 5.32 Å². The van der Waals surface area contributed by atoms with E-state index < -0.39 is 0 Å². The van der Waals surface area contributed by atoms with Crippen LogP contribution in [0, 0.1) is 5.92 Å². The monoisotopic (exact) mass is 273 g/mol. The molecule has 14 heavy (non-hydrogen) atoms. The molecule has 2 unspecified atom stereocenters. The molecule has 0 radical (unpaired) electrons. The van der Waals surface area contributed by atoms with Gasteiger partial charge in [-0.3, -0.25) is 0 Å². The van der Waals surface area contributed by atoms with E-state index >= 15 is 0 Å². The molecular weight excluding hydrogens is 261 g/mol. The fourth-order valence-corrected chi connectivity index (χ4v) is 2.32. The van der Waals surface area contributed by atoms with Crippen LogP contribution in [0.4, 0.5) is 0 Å². The molecule has 2 atom stereocenters. The van der Waals surface area contributed by atoms with Crippen molar-refractivity contribution in [2.45, 2.75) is 12.3 Å². The number of rotatable bonds is 3. The first-order valence-corrected chi connectivity index (χ1v) is 5.99. The molecule has 1 aliphatic rings. The molecule has 1 saturated carbocycles. The minimum atomic E-state index is 0.716. The summed E-state index contributed by atoms with van der Waals surface area (Å²) in [6.45, 7) is 1.11. The molecule has 0 spiro atoms. The Morgan fingerprint density at radius 1 is 1.57 bits per heavy atom. The van der Waals surface area contributed by atoms with Crippen molar-refractivity contribution in [1.29, 1.82) is 0 Å². The van der Waals surface area contributed by atoms with Crippen LogP contribution >= 0.6 is 27.5 Å². The second-order valence-electron chi connectivity index (χ2n) is 3.83. The van der Waals surface area contributed by atoms with Gasteiger partial charge in [0.05, 0.1) is 5.02 Å². The lowest BCUT2D eigenvalue weighted by Gasteiger charge is -2.02. The van der Waals surface area contributed by atoms with E-state index in [0.717, 1.165) is 22.0 Å². The van der Waals surface area contributed by atoms with E-state index in [1.54, 1.807) is 0 Å². The first kappa shape index (κ1) is 10.5. The molecular formula is C11H13BrClN. The Morgan fingerprint density at radius 2 is 2.36 bits per heavy atom. The maximum Gasteiger partial charge on any atom is 0.0550 e. The third-order valence-corrected chi connectivity index (χ3v) is 3.99. The molecule has 0 bridgehead atoms. The number of nitrogens with one attached hydrogen (secondary N) is 1. The molecule has 1 fully saturated rings. The predicted octanol–water partition coefficient (Wildman–Crippen LogP) is 3.43. The SMILES string of the molecule is CNCC1CC1c1ccc(Br)c(Cl)c1. The van der Waals surface area contributed by atoms with Crippen LogP contribution in [0.5, 0.6) is 0 Å². The van der Waals surface area contributed by atoms with Gasteiger partial charge in [-0.2, -0.15) is 0 Å². The highest BCUT2D eigenvalue weighted by atomic mass is 79.9. The highest BCUT2D eigenvalue weighted by Crippen LogP contribution is 2.47. The molecule has 1 N–H and O–H groups in total. The summed E-state index contributed by atoms with van der Waals surface area (Å²) in [6.07, 6.45) is 1.29. The number of benzene rings is 1. The van der Waals surface area contributed by atoms with Gasteiger partial charge in [-0.15, -0.1) is 0 Å². The van der Waals surface area contributed by atoms with Gasteiger partial charge in [0.15, 0.2) is 0 Å². The molecule has 76 valence electrons. The molecule has 2 rings (SSSR count). The highest BCUT2D eigenvalue weighted by molar-refractivity contribution is 9.10. The van der Waals surface area contributed by atoms with E-state index in [4.69, 9.17) is 11.6 Å². The van der Waals surface area contributed by atoms with Crippen molar-refractivity contribution in [2.24, 2.45) is 5.92 Å². The Morgan fingerprint density at radius 3 is 3.00 bits per heavy atom. The number of halogens is 2. The van der Waals surface area contributed by atoms with Crippen molar-refractivity contribution in [3.63, 3.8) is 0 Å². The van der Waals surface area contributed by atoms with Crippen LogP contribution in [-0.4, -0.2) is 13.6 Å². The van der Waals surface area contributed by atoms with E-state index in [2.05, 4.69) is 33.4 Å². The largest absolute Gasteiger partial charge is 0.319 e. The Hall–Kier alpha value is -0.0500.